The Morgan fingerprint density at radius 3 is 2.76 bits per heavy atom. The van der Waals surface area contributed by atoms with Crippen molar-refractivity contribution in [2.45, 2.75) is 38.6 Å². The van der Waals surface area contributed by atoms with Gasteiger partial charge in [-0.3, -0.25) is 0 Å². The molecule has 1 fully saturated rings. The van der Waals surface area contributed by atoms with Crippen molar-refractivity contribution in [2.75, 3.05) is 24.3 Å². The van der Waals surface area contributed by atoms with Crippen LogP contribution in [0, 0.1) is 5.92 Å². The Hall–Kier alpha value is -1.32. The van der Waals surface area contributed by atoms with E-state index in [1.807, 2.05) is 13.1 Å². The van der Waals surface area contributed by atoms with E-state index in [0.717, 1.165) is 17.6 Å². The van der Waals surface area contributed by atoms with Crippen LogP contribution >= 0.6 is 0 Å². The van der Waals surface area contributed by atoms with Gasteiger partial charge < -0.3 is 10.2 Å². The lowest BCUT2D eigenvalue weighted by molar-refractivity contribution is 0.320. The van der Waals surface area contributed by atoms with Crippen molar-refractivity contribution in [3.63, 3.8) is 0 Å². The number of aromatic nitrogens is 2. The van der Waals surface area contributed by atoms with Crippen LogP contribution in [0.25, 0.3) is 0 Å². The predicted molar refractivity (Wildman–Crippen MR) is 71.4 cm³/mol. The molecule has 1 aromatic rings. The van der Waals surface area contributed by atoms with E-state index in [9.17, 15) is 0 Å². The number of hydrogen-bond acceptors (Lipinski definition) is 4. The highest BCUT2D eigenvalue weighted by molar-refractivity contribution is 5.48. The molecule has 2 atom stereocenters. The molecule has 1 aliphatic rings. The van der Waals surface area contributed by atoms with E-state index < -0.39 is 0 Å². The maximum Gasteiger partial charge on any atom is 0.134 e. The minimum atomic E-state index is 0.614. The van der Waals surface area contributed by atoms with Gasteiger partial charge in [0.15, 0.2) is 0 Å². The van der Waals surface area contributed by atoms with Gasteiger partial charge in [-0.1, -0.05) is 19.8 Å². The summed E-state index contributed by atoms with van der Waals surface area (Å²) in [6.07, 6.45) is 6.95. The third-order valence-electron chi connectivity index (χ3n) is 3.83. The summed E-state index contributed by atoms with van der Waals surface area (Å²) in [5.74, 6) is 2.65. The maximum atomic E-state index is 4.37. The minimum absolute atomic E-state index is 0.614. The molecule has 0 aliphatic heterocycles. The van der Waals surface area contributed by atoms with Crippen molar-refractivity contribution in [1.82, 2.24) is 9.97 Å². The van der Waals surface area contributed by atoms with Gasteiger partial charge in [0.25, 0.3) is 0 Å². The number of nitrogens with one attached hydrogen (secondary N) is 1. The fourth-order valence-electron chi connectivity index (χ4n) is 2.72. The molecule has 0 saturated heterocycles. The summed E-state index contributed by atoms with van der Waals surface area (Å²) in [6, 6.07) is 2.63. The number of nitrogens with zero attached hydrogens (tertiary/aromatic N) is 3. The van der Waals surface area contributed by atoms with E-state index in [2.05, 4.69) is 34.2 Å². The SMILES string of the molecule is CNc1cc(N(C)C2CCCCC2C)ncn1. The van der Waals surface area contributed by atoms with E-state index in [1.165, 1.54) is 25.7 Å². The maximum absolute atomic E-state index is 4.37. The molecule has 0 spiro atoms. The van der Waals surface area contributed by atoms with Gasteiger partial charge in [-0.05, 0) is 18.8 Å². The molecular formula is C13H22N4. The molecule has 94 valence electrons. The molecule has 1 heterocycles. The Morgan fingerprint density at radius 1 is 1.29 bits per heavy atom. The van der Waals surface area contributed by atoms with Crippen LogP contribution in [0.1, 0.15) is 32.6 Å². The highest BCUT2D eigenvalue weighted by Crippen LogP contribution is 2.29. The summed E-state index contributed by atoms with van der Waals surface area (Å²) >= 11 is 0. The van der Waals surface area contributed by atoms with Crippen molar-refractivity contribution in [1.29, 1.82) is 0 Å². The van der Waals surface area contributed by atoms with Gasteiger partial charge in [-0.15, -0.1) is 0 Å². The van der Waals surface area contributed by atoms with Gasteiger partial charge in [-0.25, -0.2) is 9.97 Å². The van der Waals surface area contributed by atoms with Gasteiger partial charge in [-0.2, -0.15) is 0 Å². The summed E-state index contributed by atoms with van der Waals surface area (Å²) in [7, 11) is 4.03. The Labute approximate surface area is 103 Å². The lowest BCUT2D eigenvalue weighted by Crippen LogP contribution is -2.39. The average molecular weight is 234 g/mol. The predicted octanol–water partition coefficient (Wildman–Crippen LogP) is 2.53. The Balaban J connectivity index is 2.14. The Bertz CT molecular complexity index is 366. The van der Waals surface area contributed by atoms with Crippen LogP contribution in [0.3, 0.4) is 0 Å². The average Bonchev–Trinajstić information content (AvgIpc) is 2.38. The van der Waals surface area contributed by atoms with Crippen molar-refractivity contribution in [3.8, 4) is 0 Å². The van der Waals surface area contributed by atoms with E-state index in [1.54, 1.807) is 6.33 Å². The molecule has 1 aliphatic carbocycles. The molecule has 0 amide bonds. The molecule has 17 heavy (non-hydrogen) atoms. The first-order valence-corrected chi connectivity index (χ1v) is 6.45. The van der Waals surface area contributed by atoms with Crippen molar-refractivity contribution in [3.05, 3.63) is 12.4 Å². The first-order chi connectivity index (χ1) is 8.22. The minimum Gasteiger partial charge on any atom is -0.373 e. The molecule has 2 unspecified atom stereocenters. The lowest BCUT2D eigenvalue weighted by atomic mass is 9.85. The molecule has 0 aromatic carbocycles. The zero-order chi connectivity index (χ0) is 12.3. The van der Waals surface area contributed by atoms with Crippen LogP contribution in [0.2, 0.25) is 0 Å². The van der Waals surface area contributed by atoms with E-state index in [-0.39, 0.29) is 0 Å². The standard InChI is InChI=1S/C13H22N4/c1-10-6-4-5-7-11(10)17(3)13-8-12(14-2)15-9-16-13/h8-11H,4-7H2,1-3H3,(H,14,15,16). The van der Waals surface area contributed by atoms with E-state index in [0.29, 0.717) is 6.04 Å². The van der Waals surface area contributed by atoms with Gasteiger partial charge in [0, 0.05) is 26.2 Å². The third-order valence-corrected chi connectivity index (χ3v) is 3.83. The second-order valence-electron chi connectivity index (χ2n) is 4.95. The molecular weight excluding hydrogens is 212 g/mol. The summed E-state index contributed by atoms with van der Waals surface area (Å²) in [5.41, 5.74) is 0. The number of rotatable bonds is 3. The zero-order valence-corrected chi connectivity index (χ0v) is 11.0. The van der Waals surface area contributed by atoms with E-state index >= 15 is 0 Å². The van der Waals surface area contributed by atoms with Crippen molar-refractivity contribution < 1.29 is 0 Å². The van der Waals surface area contributed by atoms with Crippen LogP contribution in [0.5, 0.6) is 0 Å². The molecule has 1 N–H and O–H groups in total. The highest BCUT2D eigenvalue weighted by Gasteiger charge is 2.25. The van der Waals surface area contributed by atoms with Crippen LogP contribution in [0.15, 0.2) is 12.4 Å². The van der Waals surface area contributed by atoms with Gasteiger partial charge in [0.2, 0.25) is 0 Å². The molecule has 1 aromatic heterocycles. The quantitative estimate of drug-likeness (QED) is 0.872. The van der Waals surface area contributed by atoms with E-state index in [4.69, 9.17) is 0 Å². The second kappa shape index (κ2) is 5.34. The van der Waals surface area contributed by atoms with Crippen molar-refractivity contribution in [2.24, 2.45) is 5.92 Å². The fraction of sp³-hybridized carbons (Fsp3) is 0.692. The smallest absolute Gasteiger partial charge is 0.134 e. The second-order valence-corrected chi connectivity index (χ2v) is 4.95. The summed E-state index contributed by atoms with van der Waals surface area (Å²) < 4.78 is 0. The molecule has 2 rings (SSSR count). The lowest BCUT2D eigenvalue weighted by Gasteiger charge is -2.37. The molecule has 0 bridgehead atoms. The van der Waals surface area contributed by atoms with Gasteiger partial charge in [0.1, 0.15) is 18.0 Å². The molecule has 0 radical (unpaired) electrons. The number of hydrogen-bond donors (Lipinski definition) is 1. The van der Waals surface area contributed by atoms with Gasteiger partial charge >= 0.3 is 0 Å². The first-order valence-electron chi connectivity index (χ1n) is 6.45. The monoisotopic (exact) mass is 234 g/mol. The number of anilines is 2. The van der Waals surface area contributed by atoms with Crippen LogP contribution < -0.4 is 10.2 Å². The largest absolute Gasteiger partial charge is 0.373 e. The van der Waals surface area contributed by atoms with Gasteiger partial charge in [0.05, 0.1) is 0 Å². The summed E-state index contributed by atoms with van der Waals surface area (Å²) in [5, 5.41) is 3.06. The molecule has 1 saturated carbocycles. The topological polar surface area (TPSA) is 41.0 Å². The molecule has 4 heteroatoms. The normalized spacial score (nSPS) is 24.4. The van der Waals surface area contributed by atoms with Crippen LogP contribution in [-0.4, -0.2) is 30.1 Å². The van der Waals surface area contributed by atoms with Crippen LogP contribution in [-0.2, 0) is 0 Å². The fourth-order valence-corrected chi connectivity index (χ4v) is 2.72. The van der Waals surface area contributed by atoms with Crippen molar-refractivity contribution >= 4 is 11.6 Å². The first kappa shape index (κ1) is 12.1. The Morgan fingerprint density at radius 2 is 2.06 bits per heavy atom. The summed E-state index contributed by atoms with van der Waals surface area (Å²) in [6.45, 7) is 2.35. The summed E-state index contributed by atoms with van der Waals surface area (Å²) in [4.78, 5) is 10.8. The third kappa shape index (κ3) is 2.68. The molecule has 4 nitrogen and oxygen atoms in total. The van der Waals surface area contributed by atoms with Crippen LogP contribution in [0.4, 0.5) is 11.6 Å². The zero-order valence-electron chi connectivity index (χ0n) is 11.0. The highest BCUT2D eigenvalue weighted by atomic mass is 15.2. The Kier molecular flexibility index (Phi) is 3.82.